The molecule has 1 aromatic rings. The average Bonchev–Trinajstić information content (AvgIpc) is 2.36. The minimum atomic E-state index is -0.455. The van der Waals surface area contributed by atoms with Crippen LogP contribution in [-0.2, 0) is 4.79 Å². The zero-order valence-electron chi connectivity index (χ0n) is 12.2. The van der Waals surface area contributed by atoms with Crippen LogP contribution in [0.1, 0.15) is 27.2 Å². The maximum Gasteiger partial charge on any atom is 0.238 e. The average molecular weight is 282 g/mol. The number of carbonyl (C=O) groups is 1. The number of anilines is 1. The number of carbonyl (C=O) groups excluding carboxylic acids is 1. The molecule has 1 aromatic carbocycles. The first-order valence-electron chi connectivity index (χ1n) is 6.73. The predicted molar refractivity (Wildman–Crippen MR) is 78.0 cm³/mol. The van der Waals surface area contributed by atoms with Gasteiger partial charge in [0.15, 0.2) is 0 Å². The highest BCUT2D eigenvalue weighted by Gasteiger charge is 2.24. The van der Waals surface area contributed by atoms with Gasteiger partial charge >= 0.3 is 0 Å². The van der Waals surface area contributed by atoms with Crippen LogP contribution in [0.25, 0.3) is 0 Å². The lowest BCUT2D eigenvalue weighted by molar-refractivity contribution is -0.115. The molecule has 0 aliphatic rings. The second-order valence-corrected chi connectivity index (χ2v) is 5.84. The van der Waals surface area contributed by atoms with Crippen molar-refractivity contribution in [3.8, 4) is 0 Å². The number of halogens is 1. The molecule has 5 heteroatoms. The van der Waals surface area contributed by atoms with E-state index in [4.69, 9.17) is 5.11 Å². The van der Waals surface area contributed by atoms with Crippen LogP contribution < -0.4 is 10.6 Å². The van der Waals surface area contributed by atoms with E-state index in [0.717, 1.165) is 0 Å². The zero-order valence-corrected chi connectivity index (χ0v) is 12.2. The van der Waals surface area contributed by atoms with Gasteiger partial charge in [0, 0.05) is 12.6 Å². The Hall–Kier alpha value is -1.46. The summed E-state index contributed by atoms with van der Waals surface area (Å²) in [5, 5.41) is 14.7. The van der Waals surface area contributed by atoms with Gasteiger partial charge in [-0.15, -0.1) is 0 Å². The SMILES string of the molecule is CC(C)(C)C(CCO)NCC(=O)Nc1ccccc1F. The molecule has 3 N–H and O–H groups in total. The molecular weight excluding hydrogens is 259 g/mol. The molecule has 1 rings (SSSR count). The predicted octanol–water partition coefficient (Wildman–Crippen LogP) is 2.15. The lowest BCUT2D eigenvalue weighted by Gasteiger charge is -2.31. The molecule has 0 aliphatic heterocycles. The highest BCUT2D eigenvalue weighted by molar-refractivity contribution is 5.92. The van der Waals surface area contributed by atoms with Gasteiger partial charge < -0.3 is 15.7 Å². The van der Waals surface area contributed by atoms with Crippen molar-refractivity contribution in [2.24, 2.45) is 5.41 Å². The van der Waals surface area contributed by atoms with E-state index in [2.05, 4.69) is 10.6 Å². The first-order chi connectivity index (χ1) is 9.34. The van der Waals surface area contributed by atoms with Gasteiger partial charge in [0.2, 0.25) is 5.91 Å². The number of benzene rings is 1. The van der Waals surface area contributed by atoms with Crippen LogP contribution in [0.15, 0.2) is 24.3 Å². The molecule has 0 aromatic heterocycles. The Morgan fingerprint density at radius 1 is 1.35 bits per heavy atom. The fourth-order valence-corrected chi connectivity index (χ4v) is 1.94. The van der Waals surface area contributed by atoms with Crippen LogP contribution in [0.5, 0.6) is 0 Å². The Balaban J connectivity index is 2.52. The quantitative estimate of drug-likeness (QED) is 0.749. The van der Waals surface area contributed by atoms with E-state index in [1.54, 1.807) is 12.1 Å². The summed E-state index contributed by atoms with van der Waals surface area (Å²) in [5.74, 6) is -0.758. The summed E-state index contributed by atoms with van der Waals surface area (Å²) in [7, 11) is 0. The number of nitrogens with one attached hydrogen (secondary N) is 2. The van der Waals surface area contributed by atoms with Crippen LogP contribution in [0.3, 0.4) is 0 Å². The summed E-state index contributed by atoms with van der Waals surface area (Å²) >= 11 is 0. The van der Waals surface area contributed by atoms with Crippen molar-refractivity contribution in [2.75, 3.05) is 18.5 Å². The maximum absolute atomic E-state index is 13.4. The molecule has 0 bridgehead atoms. The van der Waals surface area contributed by atoms with Crippen molar-refractivity contribution in [1.82, 2.24) is 5.32 Å². The smallest absolute Gasteiger partial charge is 0.238 e. The van der Waals surface area contributed by atoms with Crippen LogP contribution in [0, 0.1) is 11.2 Å². The van der Waals surface area contributed by atoms with Gasteiger partial charge in [-0.25, -0.2) is 4.39 Å². The second kappa shape index (κ2) is 7.36. The molecule has 0 aliphatic carbocycles. The van der Waals surface area contributed by atoms with E-state index in [1.165, 1.54) is 12.1 Å². The Kier molecular flexibility index (Phi) is 6.10. The van der Waals surface area contributed by atoms with Crippen molar-refractivity contribution in [1.29, 1.82) is 0 Å². The second-order valence-electron chi connectivity index (χ2n) is 5.84. The number of aliphatic hydroxyl groups is 1. The fourth-order valence-electron chi connectivity index (χ4n) is 1.94. The van der Waals surface area contributed by atoms with Gasteiger partial charge in [-0.05, 0) is 24.0 Å². The normalized spacial score (nSPS) is 13.1. The van der Waals surface area contributed by atoms with Crippen molar-refractivity contribution >= 4 is 11.6 Å². The van der Waals surface area contributed by atoms with E-state index < -0.39 is 5.82 Å². The van der Waals surface area contributed by atoms with Gasteiger partial charge in [0.25, 0.3) is 0 Å². The third kappa shape index (κ3) is 5.27. The lowest BCUT2D eigenvalue weighted by Crippen LogP contribution is -2.44. The van der Waals surface area contributed by atoms with Gasteiger partial charge in [-0.3, -0.25) is 4.79 Å². The molecule has 1 atom stereocenters. The summed E-state index contributed by atoms with van der Waals surface area (Å²) in [5.41, 5.74) is 0.106. The van der Waals surface area contributed by atoms with Crippen LogP contribution in [0.4, 0.5) is 10.1 Å². The topological polar surface area (TPSA) is 61.4 Å². The standard InChI is InChI=1S/C15H23FN2O2/c1-15(2,3)13(8-9-19)17-10-14(20)18-12-7-5-4-6-11(12)16/h4-7,13,17,19H,8-10H2,1-3H3,(H,18,20). The van der Waals surface area contributed by atoms with Crippen LogP contribution in [0.2, 0.25) is 0 Å². The molecule has 0 fully saturated rings. The fraction of sp³-hybridized carbons (Fsp3) is 0.533. The molecule has 0 heterocycles. The largest absolute Gasteiger partial charge is 0.396 e. The highest BCUT2D eigenvalue weighted by Crippen LogP contribution is 2.21. The summed E-state index contributed by atoms with van der Waals surface area (Å²) in [4.78, 5) is 11.8. The first kappa shape index (κ1) is 16.6. The van der Waals surface area contributed by atoms with E-state index >= 15 is 0 Å². The zero-order chi connectivity index (χ0) is 15.2. The van der Waals surface area contributed by atoms with Crippen LogP contribution >= 0.6 is 0 Å². The molecule has 0 spiro atoms. The number of para-hydroxylation sites is 1. The van der Waals surface area contributed by atoms with Gasteiger partial charge in [0.1, 0.15) is 5.82 Å². The molecule has 4 nitrogen and oxygen atoms in total. The first-order valence-corrected chi connectivity index (χ1v) is 6.73. The van der Waals surface area contributed by atoms with Crippen LogP contribution in [-0.4, -0.2) is 30.2 Å². The number of hydrogen-bond acceptors (Lipinski definition) is 3. The minimum absolute atomic E-state index is 0.0128. The third-order valence-electron chi connectivity index (χ3n) is 3.12. The number of amides is 1. The third-order valence-corrected chi connectivity index (χ3v) is 3.12. The maximum atomic E-state index is 13.4. The van der Waals surface area contributed by atoms with Gasteiger partial charge in [-0.2, -0.15) is 0 Å². The molecule has 1 amide bonds. The number of hydrogen-bond donors (Lipinski definition) is 3. The molecule has 20 heavy (non-hydrogen) atoms. The Labute approximate surface area is 119 Å². The molecule has 0 radical (unpaired) electrons. The Morgan fingerprint density at radius 2 is 2.00 bits per heavy atom. The summed E-state index contributed by atoms with van der Waals surface area (Å²) in [6, 6.07) is 6.06. The van der Waals surface area contributed by atoms with Gasteiger partial charge in [0.05, 0.1) is 12.2 Å². The summed E-state index contributed by atoms with van der Waals surface area (Å²) < 4.78 is 13.4. The Bertz CT molecular complexity index is 444. The molecular formula is C15H23FN2O2. The highest BCUT2D eigenvalue weighted by atomic mass is 19.1. The van der Waals surface area contributed by atoms with Crippen molar-refractivity contribution in [3.05, 3.63) is 30.1 Å². The van der Waals surface area contributed by atoms with E-state index in [1.807, 2.05) is 20.8 Å². The molecule has 0 saturated heterocycles. The Morgan fingerprint density at radius 3 is 2.55 bits per heavy atom. The number of rotatable bonds is 6. The van der Waals surface area contributed by atoms with Gasteiger partial charge in [-0.1, -0.05) is 32.9 Å². The minimum Gasteiger partial charge on any atom is -0.396 e. The molecule has 0 saturated carbocycles. The van der Waals surface area contributed by atoms with Crippen molar-refractivity contribution < 1.29 is 14.3 Å². The summed E-state index contributed by atoms with van der Waals surface area (Å²) in [6.45, 7) is 6.25. The van der Waals surface area contributed by atoms with Crippen molar-refractivity contribution in [2.45, 2.75) is 33.2 Å². The summed E-state index contributed by atoms with van der Waals surface area (Å²) in [6.07, 6.45) is 0.566. The monoisotopic (exact) mass is 282 g/mol. The van der Waals surface area contributed by atoms with Crippen molar-refractivity contribution in [3.63, 3.8) is 0 Å². The lowest BCUT2D eigenvalue weighted by atomic mass is 9.85. The molecule has 112 valence electrons. The van der Waals surface area contributed by atoms with E-state index in [0.29, 0.717) is 6.42 Å². The number of aliphatic hydroxyl groups excluding tert-OH is 1. The van der Waals surface area contributed by atoms with E-state index in [9.17, 15) is 9.18 Å². The molecule has 1 unspecified atom stereocenters. The van der Waals surface area contributed by atoms with E-state index in [-0.39, 0.29) is 36.2 Å².